The Hall–Kier alpha value is -1.62. The van der Waals surface area contributed by atoms with E-state index in [0.29, 0.717) is 30.3 Å². The number of carbonyl (C=O) groups is 1. The second-order valence-electron chi connectivity index (χ2n) is 5.15. The van der Waals surface area contributed by atoms with Gasteiger partial charge in [-0.05, 0) is 38.0 Å². The number of hydrogen-bond acceptors (Lipinski definition) is 3. The van der Waals surface area contributed by atoms with E-state index < -0.39 is 0 Å². The molecule has 0 saturated heterocycles. The molecule has 1 saturated carbocycles. The van der Waals surface area contributed by atoms with Gasteiger partial charge in [-0.2, -0.15) is 0 Å². The van der Waals surface area contributed by atoms with Crippen LogP contribution in [0.1, 0.15) is 37.8 Å². The summed E-state index contributed by atoms with van der Waals surface area (Å²) in [4.78, 5) is 11.8. The number of hydrogen-bond donors (Lipinski definition) is 2. The standard InChI is InChI=1S/C15H21FN2O2/c1-10(13-9-11(16)3-6-14(13)20-2)18-15(19)7-8-17-12-4-5-12/h3,6,9-10,12,17H,4-5,7-8H2,1-2H3,(H,18,19). The third kappa shape index (κ3) is 4.20. The van der Waals surface area contributed by atoms with Crippen LogP contribution in [0.5, 0.6) is 5.75 Å². The van der Waals surface area contributed by atoms with Crippen molar-refractivity contribution in [3.05, 3.63) is 29.6 Å². The van der Waals surface area contributed by atoms with E-state index in [1.54, 1.807) is 6.07 Å². The minimum Gasteiger partial charge on any atom is -0.496 e. The number of ether oxygens (including phenoxy) is 1. The summed E-state index contributed by atoms with van der Waals surface area (Å²) in [6.45, 7) is 2.51. The summed E-state index contributed by atoms with van der Waals surface area (Å²) in [5, 5.41) is 6.15. The summed E-state index contributed by atoms with van der Waals surface area (Å²) >= 11 is 0. The highest BCUT2D eigenvalue weighted by atomic mass is 19.1. The molecule has 1 atom stereocenters. The lowest BCUT2D eigenvalue weighted by atomic mass is 10.1. The van der Waals surface area contributed by atoms with Gasteiger partial charge in [0.05, 0.1) is 13.2 Å². The number of carbonyl (C=O) groups excluding carboxylic acids is 1. The number of amides is 1. The molecule has 5 heteroatoms. The molecule has 0 radical (unpaired) electrons. The summed E-state index contributed by atoms with van der Waals surface area (Å²) in [6, 6.07) is 4.63. The van der Waals surface area contributed by atoms with Crippen molar-refractivity contribution in [2.45, 2.75) is 38.3 Å². The maximum absolute atomic E-state index is 13.3. The van der Waals surface area contributed by atoms with Gasteiger partial charge in [-0.1, -0.05) is 0 Å². The van der Waals surface area contributed by atoms with Crippen LogP contribution < -0.4 is 15.4 Å². The van der Waals surface area contributed by atoms with Crippen molar-refractivity contribution in [1.29, 1.82) is 0 Å². The molecule has 1 aliphatic carbocycles. The molecule has 1 amide bonds. The van der Waals surface area contributed by atoms with Gasteiger partial charge >= 0.3 is 0 Å². The maximum atomic E-state index is 13.3. The minimum atomic E-state index is -0.336. The van der Waals surface area contributed by atoms with Crippen molar-refractivity contribution in [3.8, 4) is 5.75 Å². The van der Waals surface area contributed by atoms with E-state index in [1.165, 1.54) is 32.1 Å². The summed E-state index contributed by atoms with van der Waals surface area (Å²) in [6.07, 6.45) is 2.84. The summed E-state index contributed by atoms with van der Waals surface area (Å²) < 4.78 is 18.5. The van der Waals surface area contributed by atoms with Crippen molar-refractivity contribution in [3.63, 3.8) is 0 Å². The average molecular weight is 280 g/mol. The molecule has 0 aromatic heterocycles. The number of halogens is 1. The molecular weight excluding hydrogens is 259 g/mol. The molecule has 110 valence electrons. The van der Waals surface area contributed by atoms with Gasteiger partial charge in [0.2, 0.25) is 5.91 Å². The third-order valence-electron chi connectivity index (χ3n) is 3.40. The highest BCUT2D eigenvalue weighted by molar-refractivity contribution is 5.76. The molecule has 20 heavy (non-hydrogen) atoms. The fraction of sp³-hybridized carbons (Fsp3) is 0.533. The first kappa shape index (κ1) is 14.8. The fourth-order valence-electron chi connectivity index (χ4n) is 2.11. The predicted octanol–water partition coefficient (Wildman–Crippen LogP) is 2.15. The molecular formula is C15H21FN2O2. The van der Waals surface area contributed by atoms with Crippen LogP contribution in [0.4, 0.5) is 4.39 Å². The molecule has 0 aliphatic heterocycles. The van der Waals surface area contributed by atoms with Gasteiger partial charge in [-0.3, -0.25) is 4.79 Å². The van der Waals surface area contributed by atoms with Crippen LogP contribution in [0, 0.1) is 5.82 Å². The monoisotopic (exact) mass is 280 g/mol. The Kier molecular flexibility index (Phi) is 4.95. The van der Waals surface area contributed by atoms with E-state index in [1.807, 2.05) is 6.92 Å². The van der Waals surface area contributed by atoms with Crippen molar-refractivity contribution in [2.24, 2.45) is 0 Å². The van der Waals surface area contributed by atoms with Crippen molar-refractivity contribution >= 4 is 5.91 Å². The Labute approximate surface area is 118 Å². The second-order valence-corrected chi connectivity index (χ2v) is 5.15. The van der Waals surface area contributed by atoms with Crippen LogP contribution in [0.2, 0.25) is 0 Å². The Morgan fingerprint density at radius 1 is 1.50 bits per heavy atom. The highest BCUT2D eigenvalue weighted by Crippen LogP contribution is 2.25. The zero-order chi connectivity index (χ0) is 14.5. The van der Waals surface area contributed by atoms with Gasteiger partial charge < -0.3 is 15.4 Å². The lowest BCUT2D eigenvalue weighted by Gasteiger charge is -2.17. The smallest absolute Gasteiger partial charge is 0.221 e. The molecule has 1 aliphatic rings. The Morgan fingerprint density at radius 2 is 2.25 bits per heavy atom. The normalized spacial score (nSPS) is 15.8. The fourth-order valence-corrected chi connectivity index (χ4v) is 2.11. The number of methoxy groups -OCH3 is 1. The molecule has 1 aromatic rings. The minimum absolute atomic E-state index is 0.0445. The van der Waals surface area contributed by atoms with E-state index in [-0.39, 0.29) is 17.8 Å². The Morgan fingerprint density at radius 3 is 2.90 bits per heavy atom. The zero-order valence-electron chi connectivity index (χ0n) is 11.9. The zero-order valence-corrected chi connectivity index (χ0v) is 11.9. The molecule has 2 N–H and O–H groups in total. The third-order valence-corrected chi connectivity index (χ3v) is 3.40. The molecule has 1 unspecified atom stereocenters. The van der Waals surface area contributed by atoms with Gasteiger partial charge in [-0.25, -0.2) is 4.39 Å². The Balaban J connectivity index is 1.87. The van der Waals surface area contributed by atoms with Gasteiger partial charge in [0, 0.05) is 24.6 Å². The van der Waals surface area contributed by atoms with Crippen LogP contribution in [-0.2, 0) is 4.79 Å². The molecule has 2 rings (SSSR count). The average Bonchev–Trinajstić information content (AvgIpc) is 3.22. The Bertz CT molecular complexity index is 475. The topological polar surface area (TPSA) is 50.4 Å². The number of nitrogens with one attached hydrogen (secondary N) is 2. The van der Waals surface area contributed by atoms with E-state index in [0.717, 1.165) is 0 Å². The lowest BCUT2D eigenvalue weighted by Crippen LogP contribution is -2.30. The summed E-state index contributed by atoms with van der Waals surface area (Å²) in [7, 11) is 1.53. The maximum Gasteiger partial charge on any atom is 0.221 e. The van der Waals surface area contributed by atoms with Crippen molar-refractivity contribution in [2.75, 3.05) is 13.7 Å². The molecule has 0 spiro atoms. The molecule has 1 fully saturated rings. The number of rotatable bonds is 7. The molecule has 1 aromatic carbocycles. The van der Waals surface area contributed by atoms with Crippen LogP contribution in [-0.4, -0.2) is 25.6 Å². The van der Waals surface area contributed by atoms with Crippen LogP contribution >= 0.6 is 0 Å². The summed E-state index contributed by atoms with van der Waals surface area (Å²) in [5.74, 6) is 0.199. The number of benzene rings is 1. The largest absolute Gasteiger partial charge is 0.496 e. The second kappa shape index (κ2) is 6.70. The first-order valence-electron chi connectivity index (χ1n) is 6.96. The quantitative estimate of drug-likeness (QED) is 0.804. The van der Waals surface area contributed by atoms with Crippen LogP contribution in [0.15, 0.2) is 18.2 Å². The van der Waals surface area contributed by atoms with Gasteiger partial charge in [0.25, 0.3) is 0 Å². The van der Waals surface area contributed by atoms with Gasteiger partial charge in [0.1, 0.15) is 11.6 Å². The molecule has 4 nitrogen and oxygen atoms in total. The lowest BCUT2D eigenvalue weighted by molar-refractivity contribution is -0.121. The van der Waals surface area contributed by atoms with E-state index in [2.05, 4.69) is 10.6 Å². The summed E-state index contributed by atoms with van der Waals surface area (Å²) in [5.41, 5.74) is 0.649. The van der Waals surface area contributed by atoms with E-state index >= 15 is 0 Å². The van der Waals surface area contributed by atoms with Gasteiger partial charge in [-0.15, -0.1) is 0 Å². The molecule has 0 bridgehead atoms. The molecule has 0 heterocycles. The highest BCUT2D eigenvalue weighted by Gasteiger charge is 2.20. The van der Waals surface area contributed by atoms with Gasteiger partial charge in [0.15, 0.2) is 0 Å². The first-order valence-corrected chi connectivity index (χ1v) is 6.96. The van der Waals surface area contributed by atoms with Crippen LogP contribution in [0.25, 0.3) is 0 Å². The predicted molar refractivity (Wildman–Crippen MR) is 75.2 cm³/mol. The SMILES string of the molecule is COc1ccc(F)cc1C(C)NC(=O)CCNC1CC1. The van der Waals surface area contributed by atoms with Crippen molar-refractivity contribution in [1.82, 2.24) is 10.6 Å². The van der Waals surface area contributed by atoms with Crippen molar-refractivity contribution < 1.29 is 13.9 Å². The van der Waals surface area contributed by atoms with E-state index in [4.69, 9.17) is 4.74 Å². The first-order chi connectivity index (χ1) is 9.60. The van der Waals surface area contributed by atoms with Crippen LogP contribution in [0.3, 0.4) is 0 Å². The van der Waals surface area contributed by atoms with E-state index in [9.17, 15) is 9.18 Å².